The van der Waals surface area contributed by atoms with Crippen molar-refractivity contribution in [2.24, 2.45) is 5.73 Å². The summed E-state index contributed by atoms with van der Waals surface area (Å²) in [4.78, 5) is 17.5. The molecule has 0 aliphatic carbocycles. The molecule has 0 bridgehead atoms. The molecule has 1 unspecified atom stereocenters. The molecule has 0 radical (unpaired) electrons. The summed E-state index contributed by atoms with van der Waals surface area (Å²) in [6, 6.07) is -1.00. The van der Waals surface area contributed by atoms with Gasteiger partial charge in [0.15, 0.2) is 0 Å². The van der Waals surface area contributed by atoms with Gasteiger partial charge in [-0.2, -0.15) is 4.62 Å². The first-order valence-corrected chi connectivity index (χ1v) is 2.84. The molecule has 0 fully saturated rings. The predicted molar refractivity (Wildman–Crippen MR) is 25.0 cm³/mol. The summed E-state index contributed by atoms with van der Waals surface area (Å²) in [6.45, 7) is 0. The third kappa shape index (κ3) is 5.42. The zero-order valence-electron chi connectivity index (χ0n) is 3.75. The molecule has 0 aromatic carbocycles. The maximum atomic E-state index is 9.66. The Labute approximate surface area is 45.5 Å². The van der Waals surface area contributed by atoms with Crippen molar-refractivity contribution in [2.75, 3.05) is 0 Å². The maximum absolute atomic E-state index is 9.66. The highest BCUT2D eigenvalue weighted by molar-refractivity contribution is 7.32. The Morgan fingerprint density at radius 3 is 2.50 bits per heavy atom. The molecule has 0 heterocycles. The number of primary amides is 1. The second kappa shape index (κ2) is 3.43. The van der Waals surface area contributed by atoms with E-state index in [-0.39, 0.29) is 0 Å². The number of nitrogens with two attached hydrogens (primary N) is 1. The van der Waals surface area contributed by atoms with E-state index in [9.17, 15) is 9.36 Å². The van der Waals surface area contributed by atoms with Crippen LogP contribution in [0.3, 0.4) is 0 Å². The van der Waals surface area contributed by atoms with Crippen molar-refractivity contribution >= 4 is 14.3 Å². The number of hydrogen-bond acceptors (Lipinski definition) is 3. The van der Waals surface area contributed by atoms with Gasteiger partial charge in [0.2, 0.25) is 0 Å². The molecule has 0 aromatic heterocycles. The summed E-state index contributed by atoms with van der Waals surface area (Å²) in [6.07, 6.45) is 0. The summed E-state index contributed by atoms with van der Waals surface area (Å²) in [5, 5.41) is 0. The van der Waals surface area contributed by atoms with E-state index in [4.69, 9.17) is 4.89 Å². The molecule has 0 aliphatic heterocycles. The van der Waals surface area contributed by atoms with Crippen LogP contribution in [0.15, 0.2) is 0 Å². The van der Waals surface area contributed by atoms with E-state index in [2.05, 4.69) is 10.4 Å². The Morgan fingerprint density at radius 2 is 2.38 bits per heavy atom. The first-order chi connectivity index (χ1) is 3.63. The number of nitrogens with one attached hydrogen (secondary N) is 1. The highest BCUT2D eigenvalue weighted by atomic mass is 31.1. The Morgan fingerprint density at radius 1 is 1.88 bits per heavy atom. The summed E-state index contributed by atoms with van der Waals surface area (Å²) >= 11 is 0. The molecule has 48 valence electrons. The minimum absolute atomic E-state index is 1.00. The SMILES string of the molecule is NC(=O)NO[PH](=O)O. The lowest BCUT2D eigenvalue weighted by atomic mass is 11.2. The van der Waals surface area contributed by atoms with Gasteiger partial charge in [-0.1, -0.05) is 0 Å². The third-order valence-corrected chi connectivity index (χ3v) is 0.516. The van der Waals surface area contributed by atoms with Crippen LogP contribution < -0.4 is 11.2 Å². The highest BCUT2D eigenvalue weighted by Crippen LogP contribution is 2.09. The molecule has 1 atom stereocenters. The van der Waals surface area contributed by atoms with E-state index in [1.807, 2.05) is 0 Å². The number of carbonyl (C=O) groups excluding carboxylic acids is 1. The first-order valence-electron chi connectivity index (χ1n) is 1.58. The number of rotatable bonds is 2. The zero-order chi connectivity index (χ0) is 6.57. The van der Waals surface area contributed by atoms with Gasteiger partial charge in [-0.05, 0) is 0 Å². The lowest BCUT2D eigenvalue weighted by Crippen LogP contribution is -2.27. The van der Waals surface area contributed by atoms with Crippen molar-refractivity contribution in [3.8, 4) is 0 Å². The summed E-state index contributed by atoms with van der Waals surface area (Å²) in [5.41, 5.74) is 5.90. The fourth-order valence-electron chi connectivity index (χ4n) is 0.0940. The van der Waals surface area contributed by atoms with Gasteiger partial charge in [0.25, 0.3) is 0 Å². The molecule has 0 saturated heterocycles. The number of carbonyl (C=O) groups is 1. The topological polar surface area (TPSA) is 102 Å². The molecule has 0 aliphatic rings. The van der Waals surface area contributed by atoms with Crippen molar-refractivity contribution in [2.45, 2.75) is 0 Å². The van der Waals surface area contributed by atoms with Crippen LogP contribution in [-0.2, 0) is 9.19 Å². The van der Waals surface area contributed by atoms with Crippen LogP contribution in [0.5, 0.6) is 0 Å². The number of urea groups is 1. The first kappa shape index (κ1) is 7.42. The molecule has 0 rings (SSSR count). The van der Waals surface area contributed by atoms with E-state index in [1.54, 1.807) is 0 Å². The Kier molecular flexibility index (Phi) is 3.18. The molecule has 8 heavy (non-hydrogen) atoms. The number of amides is 2. The molecule has 0 saturated carbocycles. The molecule has 0 spiro atoms. The van der Waals surface area contributed by atoms with Gasteiger partial charge in [0, 0.05) is 0 Å². The van der Waals surface area contributed by atoms with Gasteiger partial charge >= 0.3 is 14.3 Å². The Hall–Kier alpha value is -0.580. The van der Waals surface area contributed by atoms with Gasteiger partial charge in [-0.3, -0.25) is 4.57 Å². The van der Waals surface area contributed by atoms with Crippen LogP contribution in [0.2, 0.25) is 0 Å². The largest absolute Gasteiger partial charge is 0.350 e. The molecule has 7 heteroatoms. The fraction of sp³-hybridized carbons (Fsp3) is 0. The van der Waals surface area contributed by atoms with Gasteiger partial charge in [0.1, 0.15) is 0 Å². The number of hydrogen-bond donors (Lipinski definition) is 3. The van der Waals surface area contributed by atoms with Crippen LogP contribution in [-0.4, -0.2) is 10.9 Å². The monoisotopic (exact) mass is 140 g/mol. The van der Waals surface area contributed by atoms with Crippen LogP contribution in [0.4, 0.5) is 4.79 Å². The molecule has 0 aromatic rings. The normalized spacial score (nSPS) is 12.6. The minimum Gasteiger partial charge on any atom is -0.350 e. The van der Waals surface area contributed by atoms with Crippen molar-refractivity contribution in [1.29, 1.82) is 0 Å². The van der Waals surface area contributed by atoms with Gasteiger partial charge in [0.05, 0.1) is 0 Å². The fourth-order valence-corrected chi connectivity index (χ4v) is 0.282. The van der Waals surface area contributed by atoms with Crippen LogP contribution >= 0.6 is 8.25 Å². The molecular weight excluding hydrogens is 135 g/mol. The molecule has 6 nitrogen and oxygen atoms in total. The smallest absolute Gasteiger partial charge is 0.337 e. The van der Waals surface area contributed by atoms with Crippen LogP contribution in [0, 0.1) is 0 Å². The van der Waals surface area contributed by atoms with Crippen LogP contribution in [0.25, 0.3) is 0 Å². The third-order valence-electron chi connectivity index (χ3n) is 0.239. The van der Waals surface area contributed by atoms with Gasteiger partial charge in [-0.15, -0.1) is 0 Å². The second-order valence-corrected chi connectivity index (χ2v) is 1.57. The minimum atomic E-state index is -3.09. The van der Waals surface area contributed by atoms with Gasteiger partial charge in [-0.25, -0.2) is 10.3 Å². The summed E-state index contributed by atoms with van der Waals surface area (Å²) in [7, 11) is -3.09. The quantitative estimate of drug-likeness (QED) is 0.337. The lowest BCUT2D eigenvalue weighted by molar-refractivity contribution is 0.178. The van der Waals surface area contributed by atoms with Crippen molar-refractivity contribution < 1.29 is 18.9 Å². The van der Waals surface area contributed by atoms with Gasteiger partial charge < -0.3 is 10.6 Å². The average Bonchev–Trinajstić information content (AvgIpc) is 1.61. The standard InChI is InChI=1S/CH5N2O4P/c2-1(4)3-7-8(5)6/h8H,(H,5,6)(H3,2,3,4). The molecular formula is CH5N2O4P. The van der Waals surface area contributed by atoms with E-state index < -0.39 is 14.3 Å². The Balaban J connectivity index is 3.18. The van der Waals surface area contributed by atoms with Crippen molar-refractivity contribution in [1.82, 2.24) is 5.48 Å². The molecule has 4 N–H and O–H groups in total. The summed E-state index contributed by atoms with van der Waals surface area (Å²) < 4.78 is 13.3. The highest BCUT2D eigenvalue weighted by Gasteiger charge is 1.92. The van der Waals surface area contributed by atoms with Crippen molar-refractivity contribution in [3.05, 3.63) is 0 Å². The van der Waals surface area contributed by atoms with E-state index >= 15 is 0 Å². The maximum Gasteiger partial charge on any atom is 0.337 e. The Bertz CT molecular complexity index is 98.6. The lowest BCUT2D eigenvalue weighted by Gasteiger charge is -1.94. The van der Waals surface area contributed by atoms with E-state index in [1.165, 1.54) is 5.48 Å². The molecule has 2 amide bonds. The zero-order valence-corrected chi connectivity index (χ0v) is 4.75. The summed E-state index contributed by atoms with van der Waals surface area (Å²) in [5.74, 6) is 0. The number of hydroxylamine groups is 1. The van der Waals surface area contributed by atoms with Crippen LogP contribution in [0.1, 0.15) is 0 Å². The van der Waals surface area contributed by atoms with E-state index in [0.29, 0.717) is 0 Å². The average molecular weight is 140 g/mol. The van der Waals surface area contributed by atoms with Crippen molar-refractivity contribution in [3.63, 3.8) is 0 Å². The second-order valence-electron chi connectivity index (χ2n) is 0.834. The predicted octanol–water partition coefficient (Wildman–Crippen LogP) is -1.03. The van der Waals surface area contributed by atoms with E-state index in [0.717, 1.165) is 0 Å².